The molecule has 1 aromatic heterocycles. The van der Waals surface area contributed by atoms with E-state index < -0.39 is 10.5 Å². The van der Waals surface area contributed by atoms with Crippen molar-refractivity contribution in [2.75, 3.05) is 12.4 Å². The van der Waals surface area contributed by atoms with E-state index in [-0.39, 0.29) is 10.7 Å². The van der Waals surface area contributed by atoms with Crippen LogP contribution >= 0.6 is 23.2 Å². The zero-order chi connectivity index (χ0) is 20.3. The highest BCUT2D eigenvalue weighted by atomic mass is 35.5. The van der Waals surface area contributed by atoms with Crippen molar-refractivity contribution in [2.24, 2.45) is 0 Å². The fourth-order valence-electron chi connectivity index (χ4n) is 2.53. The van der Waals surface area contributed by atoms with Crippen molar-refractivity contribution in [1.82, 2.24) is 9.78 Å². The summed E-state index contributed by atoms with van der Waals surface area (Å²) in [4.78, 5) is 22.8. The molecule has 2 aromatic carbocycles. The first-order valence-electron chi connectivity index (χ1n) is 7.99. The van der Waals surface area contributed by atoms with E-state index in [0.717, 1.165) is 10.2 Å². The van der Waals surface area contributed by atoms with Crippen molar-refractivity contribution in [1.29, 1.82) is 0 Å². The zero-order valence-corrected chi connectivity index (χ0v) is 16.1. The monoisotopic (exact) mass is 420 g/mol. The number of benzene rings is 2. The minimum atomic E-state index is -0.557. The summed E-state index contributed by atoms with van der Waals surface area (Å²) in [5, 5.41) is 18.4. The third kappa shape index (κ3) is 4.08. The number of nitro benzene ring substituents is 1. The Hall–Kier alpha value is -3.10. The summed E-state index contributed by atoms with van der Waals surface area (Å²) in [5.41, 5.74) is 0.841. The van der Waals surface area contributed by atoms with Gasteiger partial charge in [0.25, 0.3) is 11.2 Å². The fourth-order valence-corrected chi connectivity index (χ4v) is 2.92. The molecular formula is C18H14Cl2N4O4. The minimum Gasteiger partial charge on any atom is -0.496 e. The summed E-state index contributed by atoms with van der Waals surface area (Å²) in [6, 6.07) is 10.6. The van der Waals surface area contributed by atoms with E-state index in [4.69, 9.17) is 27.9 Å². The smallest absolute Gasteiger partial charge is 0.292 e. The van der Waals surface area contributed by atoms with Gasteiger partial charge in [0.05, 0.1) is 29.6 Å². The minimum absolute atomic E-state index is 0.0608. The first-order chi connectivity index (χ1) is 13.4. The lowest BCUT2D eigenvalue weighted by molar-refractivity contribution is -0.384. The van der Waals surface area contributed by atoms with E-state index in [1.807, 2.05) is 0 Å². The quantitative estimate of drug-likeness (QED) is 0.476. The summed E-state index contributed by atoms with van der Waals surface area (Å²) >= 11 is 12.2. The molecule has 0 atom stereocenters. The average Bonchev–Trinajstić information content (AvgIpc) is 2.69. The first kappa shape index (κ1) is 19.7. The van der Waals surface area contributed by atoms with Crippen molar-refractivity contribution in [3.8, 4) is 11.4 Å². The second-order valence-corrected chi connectivity index (χ2v) is 6.49. The van der Waals surface area contributed by atoms with Crippen LogP contribution in [-0.2, 0) is 6.54 Å². The SMILES string of the molecule is COc1ccc(Cl)cc1CNc1cnn(-c2ccc([N+](=O)[O-])cc2)c(=O)c1Cl. The predicted octanol–water partition coefficient (Wildman–Crippen LogP) is 4.07. The standard InChI is InChI=1S/C18H14Cl2N4O4/c1-28-16-7-2-12(19)8-11(16)9-21-15-10-22-23(18(25)17(15)20)13-3-5-14(6-4-13)24(26)27/h2-8,10,21H,9H2,1H3. The summed E-state index contributed by atoms with van der Waals surface area (Å²) in [6.45, 7) is 0.312. The van der Waals surface area contributed by atoms with Gasteiger partial charge in [0.2, 0.25) is 0 Å². The van der Waals surface area contributed by atoms with Crippen LogP contribution in [0.25, 0.3) is 5.69 Å². The normalized spacial score (nSPS) is 10.5. The maximum absolute atomic E-state index is 12.5. The molecule has 3 aromatic rings. The first-order valence-corrected chi connectivity index (χ1v) is 8.75. The topological polar surface area (TPSA) is 99.3 Å². The van der Waals surface area contributed by atoms with Crippen molar-refractivity contribution >= 4 is 34.6 Å². The van der Waals surface area contributed by atoms with E-state index in [9.17, 15) is 14.9 Å². The van der Waals surface area contributed by atoms with Crippen LogP contribution in [0, 0.1) is 10.1 Å². The van der Waals surface area contributed by atoms with Gasteiger partial charge in [0, 0.05) is 29.3 Å². The average molecular weight is 421 g/mol. The Morgan fingerprint density at radius 2 is 1.93 bits per heavy atom. The lowest BCUT2D eigenvalue weighted by atomic mass is 10.2. The van der Waals surface area contributed by atoms with Crippen molar-refractivity contribution in [2.45, 2.75) is 6.54 Å². The summed E-state index contributed by atoms with van der Waals surface area (Å²) in [5.74, 6) is 0.639. The van der Waals surface area contributed by atoms with Gasteiger partial charge in [0.1, 0.15) is 10.8 Å². The third-order valence-corrected chi connectivity index (χ3v) is 4.54. The number of methoxy groups -OCH3 is 1. The molecule has 0 aliphatic rings. The highest BCUT2D eigenvalue weighted by Gasteiger charge is 2.13. The van der Waals surface area contributed by atoms with Crippen molar-refractivity contribution < 1.29 is 9.66 Å². The van der Waals surface area contributed by atoms with Gasteiger partial charge in [-0.2, -0.15) is 9.78 Å². The summed E-state index contributed by atoms with van der Waals surface area (Å²) in [6.07, 6.45) is 1.40. The maximum Gasteiger partial charge on any atom is 0.292 e. The lowest BCUT2D eigenvalue weighted by Gasteiger charge is -2.13. The van der Waals surface area contributed by atoms with Crippen LogP contribution in [0.15, 0.2) is 53.5 Å². The molecule has 0 saturated heterocycles. The number of halogens is 2. The molecule has 0 fully saturated rings. The Morgan fingerprint density at radius 3 is 2.57 bits per heavy atom. The molecule has 144 valence electrons. The largest absolute Gasteiger partial charge is 0.496 e. The Labute approximate surface area is 169 Å². The van der Waals surface area contributed by atoms with E-state index in [1.165, 1.54) is 30.5 Å². The van der Waals surface area contributed by atoms with Crippen LogP contribution in [0.3, 0.4) is 0 Å². The zero-order valence-electron chi connectivity index (χ0n) is 14.6. The molecule has 1 N–H and O–H groups in total. The maximum atomic E-state index is 12.5. The summed E-state index contributed by atoms with van der Waals surface area (Å²) < 4.78 is 6.35. The second kappa shape index (κ2) is 8.28. The second-order valence-electron chi connectivity index (χ2n) is 5.67. The van der Waals surface area contributed by atoms with Gasteiger partial charge < -0.3 is 10.1 Å². The van der Waals surface area contributed by atoms with Gasteiger partial charge in [-0.15, -0.1) is 0 Å². The van der Waals surface area contributed by atoms with Gasteiger partial charge in [-0.1, -0.05) is 23.2 Å². The van der Waals surface area contributed by atoms with Crippen LogP contribution in [0.1, 0.15) is 5.56 Å². The molecule has 0 spiro atoms. The molecule has 0 bridgehead atoms. The Bertz CT molecular complexity index is 1080. The van der Waals surface area contributed by atoms with Crippen molar-refractivity contribution in [3.05, 3.63) is 84.7 Å². The Morgan fingerprint density at radius 1 is 1.21 bits per heavy atom. The number of nitro groups is 1. The number of rotatable bonds is 6. The molecule has 0 saturated carbocycles. The number of non-ortho nitro benzene ring substituents is 1. The van der Waals surface area contributed by atoms with Crippen LogP contribution in [0.5, 0.6) is 5.75 Å². The van der Waals surface area contributed by atoms with E-state index in [1.54, 1.807) is 25.3 Å². The molecule has 10 heteroatoms. The lowest BCUT2D eigenvalue weighted by Crippen LogP contribution is -2.22. The molecule has 28 heavy (non-hydrogen) atoms. The molecule has 0 aliphatic carbocycles. The van der Waals surface area contributed by atoms with Crippen LogP contribution in [0.4, 0.5) is 11.4 Å². The third-order valence-electron chi connectivity index (χ3n) is 3.94. The van der Waals surface area contributed by atoms with Gasteiger partial charge >= 0.3 is 0 Å². The molecule has 0 radical (unpaired) electrons. The number of ether oxygens (including phenoxy) is 1. The molecular weight excluding hydrogens is 407 g/mol. The van der Waals surface area contributed by atoms with E-state index in [2.05, 4.69) is 10.4 Å². The van der Waals surface area contributed by atoms with Gasteiger partial charge in [-0.3, -0.25) is 14.9 Å². The molecule has 3 rings (SSSR count). The molecule has 1 heterocycles. The number of nitrogens with one attached hydrogen (secondary N) is 1. The number of hydrogen-bond acceptors (Lipinski definition) is 6. The van der Waals surface area contributed by atoms with Gasteiger partial charge in [-0.25, -0.2) is 0 Å². The predicted molar refractivity (Wildman–Crippen MR) is 107 cm³/mol. The number of anilines is 1. The van der Waals surface area contributed by atoms with Crippen LogP contribution < -0.4 is 15.6 Å². The highest BCUT2D eigenvalue weighted by molar-refractivity contribution is 6.33. The number of nitrogens with zero attached hydrogens (tertiary/aromatic N) is 3. The van der Waals surface area contributed by atoms with Gasteiger partial charge in [0.15, 0.2) is 0 Å². The highest BCUT2D eigenvalue weighted by Crippen LogP contribution is 2.25. The van der Waals surface area contributed by atoms with Crippen LogP contribution in [0.2, 0.25) is 10.0 Å². The van der Waals surface area contributed by atoms with Crippen molar-refractivity contribution in [3.63, 3.8) is 0 Å². The summed E-state index contributed by atoms with van der Waals surface area (Å²) in [7, 11) is 1.55. The van der Waals surface area contributed by atoms with E-state index >= 15 is 0 Å². The van der Waals surface area contributed by atoms with Gasteiger partial charge in [-0.05, 0) is 30.3 Å². The molecule has 8 nitrogen and oxygen atoms in total. The molecule has 0 aliphatic heterocycles. The van der Waals surface area contributed by atoms with E-state index in [0.29, 0.717) is 28.7 Å². The Balaban J connectivity index is 1.85. The van der Waals surface area contributed by atoms with Crippen LogP contribution in [-0.4, -0.2) is 21.8 Å². The Kier molecular flexibility index (Phi) is 5.81. The fraction of sp³-hybridized carbons (Fsp3) is 0.111. The molecule has 0 unspecified atom stereocenters. The number of hydrogen-bond donors (Lipinski definition) is 1. The number of aromatic nitrogens is 2. The molecule has 0 amide bonds.